The van der Waals surface area contributed by atoms with E-state index >= 15 is 0 Å². The van der Waals surface area contributed by atoms with Crippen molar-refractivity contribution in [3.8, 4) is 5.75 Å². The Labute approximate surface area is 191 Å². The fourth-order valence-corrected chi connectivity index (χ4v) is 2.84. The number of carbonyl (C=O) groups excluding carboxylic acids is 3. The Morgan fingerprint density at radius 1 is 0.969 bits per heavy atom. The van der Waals surface area contributed by atoms with Gasteiger partial charge in [-0.1, -0.05) is 26.0 Å². The number of phenols is 1. The standard InChI is InChI=1S/C20H30N4O7S/c1-10(2)16(20(30)31)24-19(29)15(8-25)23-18(28)14(22-17(27)13(21)9-32)7-11-3-5-12(26)6-4-11/h3-6,10,13-16,25-26,32H,7-9,21H2,1-2H3,(H,22,27)(H,23,28)(H,24,29)(H,30,31). The molecule has 1 aromatic carbocycles. The van der Waals surface area contributed by atoms with E-state index in [9.17, 15) is 34.5 Å². The molecule has 8 N–H and O–H groups in total. The lowest BCUT2D eigenvalue weighted by Crippen LogP contribution is -2.59. The number of phenolic OH excluding ortho intramolecular Hbond substituents is 1. The van der Waals surface area contributed by atoms with Crippen LogP contribution in [0.25, 0.3) is 0 Å². The van der Waals surface area contributed by atoms with Gasteiger partial charge in [-0.25, -0.2) is 4.79 Å². The van der Waals surface area contributed by atoms with E-state index in [-0.39, 0.29) is 17.9 Å². The Bertz CT molecular complexity index is 804. The zero-order valence-corrected chi connectivity index (χ0v) is 18.7. The number of carbonyl (C=O) groups is 4. The third-order valence-corrected chi connectivity index (χ3v) is 4.98. The van der Waals surface area contributed by atoms with E-state index in [0.29, 0.717) is 5.56 Å². The lowest BCUT2D eigenvalue weighted by Gasteiger charge is -2.25. The molecule has 0 aromatic heterocycles. The zero-order chi connectivity index (χ0) is 24.4. The number of aliphatic hydroxyl groups is 1. The van der Waals surface area contributed by atoms with Crippen LogP contribution in [-0.2, 0) is 25.6 Å². The Hall–Kier alpha value is -2.83. The Kier molecular flexibility index (Phi) is 11.0. The number of aromatic hydroxyl groups is 1. The van der Waals surface area contributed by atoms with Crippen LogP contribution < -0.4 is 21.7 Å². The first-order valence-electron chi connectivity index (χ1n) is 9.89. The maximum Gasteiger partial charge on any atom is 0.326 e. The van der Waals surface area contributed by atoms with Crippen LogP contribution in [0.15, 0.2) is 24.3 Å². The highest BCUT2D eigenvalue weighted by molar-refractivity contribution is 7.80. The van der Waals surface area contributed by atoms with Crippen molar-refractivity contribution >= 4 is 36.3 Å². The Balaban J connectivity index is 2.99. The summed E-state index contributed by atoms with van der Waals surface area (Å²) in [4.78, 5) is 48.8. The highest BCUT2D eigenvalue weighted by atomic mass is 32.1. The van der Waals surface area contributed by atoms with Crippen molar-refractivity contribution in [2.75, 3.05) is 12.4 Å². The average molecular weight is 471 g/mol. The van der Waals surface area contributed by atoms with Crippen LogP contribution in [0, 0.1) is 5.92 Å². The summed E-state index contributed by atoms with van der Waals surface area (Å²) in [5.41, 5.74) is 6.25. The van der Waals surface area contributed by atoms with E-state index in [2.05, 4.69) is 28.6 Å². The molecule has 12 heteroatoms. The summed E-state index contributed by atoms with van der Waals surface area (Å²) in [7, 11) is 0. The second kappa shape index (κ2) is 12.9. The van der Waals surface area contributed by atoms with Gasteiger partial charge in [0.05, 0.1) is 12.6 Å². The minimum absolute atomic E-state index is 0.000652. The highest BCUT2D eigenvalue weighted by Crippen LogP contribution is 2.12. The molecule has 0 heterocycles. The van der Waals surface area contributed by atoms with Crippen LogP contribution >= 0.6 is 12.6 Å². The number of hydrogen-bond acceptors (Lipinski definition) is 8. The van der Waals surface area contributed by atoms with Crippen LogP contribution in [-0.4, -0.2) is 75.5 Å². The summed E-state index contributed by atoms with van der Waals surface area (Å²) in [6.45, 7) is 2.40. The summed E-state index contributed by atoms with van der Waals surface area (Å²) in [5.74, 6) is -3.95. The normalized spacial score (nSPS) is 14.7. The molecule has 0 aliphatic rings. The molecule has 1 aromatic rings. The van der Waals surface area contributed by atoms with Crippen LogP contribution in [0.3, 0.4) is 0 Å². The molecule has 178 valence electrons. The Morgan fingerprint density at radius 2 is 1.50 bits per heavy atom. The molecule has 0 radical (unpaired) electrons. The zero-order valence-electron chi connectivity index (χ0n) is 17.8. The maximum absolute atomic E-state index is 12.8. The molecule has 0 aliphatic carbocycles. The molecule has 0 fully saturated rings. The average Bonchev–Trinajstić information content (AvgIpc) is 2.75. The molecule has 4 unspecified atom stereocenters. The van der Waals surface area contributed by atoms with Gasteiger partial charge in [-0.2, -0.15) is 12.6 Å². The molecule has 0 saturated heterocycles. The van der Waals surface area contributed by atoms with E-state index in [0.717, 1.165) is 0 Å². The summed E-state index contributed by atoms with van der Waals surface area (Å²) >= 11 is 3.95. The van der Waals surface area contributed by atoms with E-state index in [1.54, 1.807) is 26.0 Å². The second-order valence-corrected chi connectivity index (χ2v) is 7.90. The number of carboxylic acid groups (broad SMARTS) is 1. The molecule has 3 amide bonds. The monoisotopic (exact) mass is 470 g/mol. The van der Waals surface area contributed by atoms with Crippen LogP contribution in [0.4, 0.5) is 0 Å². The predicted molar refractivity (Wildman–Crippen MR) is 119 cm³/mol. The van der Waals surface area contributed by atoms with Crippen molar-refractivity contribution in [3.63, 3.8) is 0 Å². The molecule has 11 nitrogen and oxygen atoms in total. The molecule has 0 saturated carbocycles. The molecule has 0 spiro atoms. The first-order chi connectivity index (χ1) is 15.0. The van der Waals surface area contributed by atoms with Gasteiger partial charge in [0.15, 0.2) is 0 Å². The van der Waals surface area contributed by atoms with Crippen LogP contribution in [0.2, 0.25) is 0 Å². The number of rotatable bonds is 12. The molecule has 0 aliphatic heterocycles. The minimum Gasteiger partial charge on any atom is -0.508 e. The summed E-state index contributed by atoms with van der Waals surface area (Å²) in [5, 5.41) is 35.3. The fourth-order valence-electron chi connectivity index (χ4n) is 2.67. The lowest BCUT2D eigenvalue weighted by molar-refractivity contribution is -0.143. The van der Waals surface area contributed by atoms with Crippen molar-refractivity contribution in [2.24, 2.45) is 11.7 Å². The first kappa shape index (κ1) is 27.2. The number of hydrogen-bond donors (Lipinski definition) is 8. The molecule has 1 rings (SSSR count). The van der Waals surface area contributed by atoms with E-state index < -0.39 is 60.4 Å². The van der Waals surface area contributed by atoms with Gasteiger partial charge >= 0.3 is 5.97 Å². The summed E-state index contributed by atoms with van der Waals surface area (Å²) in [6, 6.07) is 1.12. The largest absolute Gasteiger partial charge is 0.508 e. The van der Waals surface area contributed by atoms with E-state index in [4.69, 9.17) is 5.73 Å². The van der Waals surface area contributed by atoms with Gasteiger partial charge in [-0.05, 0) is 23.6 Å². The van der Waals surface area contributed by atoms with Gasteiger partial charge in [0.25, 0.3) is 0 Å². The smallest absolute Gasteiger partial charge is 0.326 e. The van der Waals surface area contributed by atoms with Crippen molar-refractivity contribution in [1.29, 1.82) is 0 Å². The molecular formula is C20H30N4O7S. The van der Waals surface area contributed by atoms with Gasteiger partial charge in [0.1, 0.15) is 23.9 Å². The topological polar surface area (TPSA) is 191 Å². The molecule has 32 heavy (non-hydrogen) atoms. The van der Waals surface area contributed by atoms with E-state index in [1.165, 1.54) is 12.1 Å². The van der Waals surface area contributed by atoms with Gasteiger partial charge in [-0.3, -0.25) is 14.4 Å². The third kappa shape index (κ3) is 8.36. The van der Waals surface area contributed by atoms with Crippen molar-refractivity contribution in [2.45, 2.75) is 44.4 Å². The number of benzene rings is 1. The Morgan fingerprint density at radius 3 is 1.97 bits per heavy atom. The number of aliphatic carboxylic acids is 1. The van der Waals surface area contributed by atoms with Gasteiger partial charge in [0.2, 0.25) is 17.7 Å². The number of nitrogens with two attached hydrogens (primary N) is 1. The minimum atomic E-state index is -1.44. The van der Waals surface area contributed by atoms with Crippen molar-refractivity contribution in [1.82, 2.24) is 16.0 Å². The number of carboxylic acids is 1. The van der Waals surface area contributed by atoms with Gasteiger partial charge in [0, 0.05) is 12.2 Å². The highest BCUT2D eigenvalue weighted by Gasteiger charge is 2.31. The van der Waals surface area contributed by atoms with Crippen molar-refractivity contribution in [3.05, 3.63) is 29.8 Å². The lowest BCUT2D eigenvalue weighted by atomic mass is 10.0. The SMILES string of the molecule is CC(C)C(NC(=O)C(CO)NC(=O)C(Cc1ccc(O)cc1)NC(=O)C(N)CS)C(=O)O. The van der Waals surface area contributed by atoms with Crippen molar-refractivity contribution < 1.29 is 34.5 Å². The van der Waals surface area contributed by atoms with Crippen LogP contribution in [0.5, 0.6) is 5.75 Å². The van der Waals surface area contributed by atoms with Gasteiger partial charge in [-0.15, -0.1) is 0 Å². The number of nitrogens with one attached hydrogen (secondary N) is 3. The quantitative estimate of drug-likeness (QED) is 0.167. The summed E-state index contributed by atoms with van der Waals surface area (Å²) < 4.78 is 0. The van der Waals surface area contributed by atoms with E-state index in [1.807, 2.05) is 0 Å². The third-order valence-electron chi connectivity index (χ3n) is 4.59. The van der Waals surface area contributed by atoms with Crippen LogP contribution in [0.1, 0.15) is 19.4 Å². The predicted octanol–water partition coefficient (Wildman–Crippen LogP) is -1.62. The molecule has 0 bridgehead atoms. The van der Waals surface area contributed by atoms with Gasteiger partial charge < -0.3 is 37.0 Å². The number of thiol groups is 1. The second-order valence-electron chi connectivity index (χ2n) is 7.53. The molecular weight excluding hydrogens is 440 g/mol. The summed E-state index contributed by atoms with van der Waals surface area (Å²) in [6.07, 6.45) is 0.000652. The number of amides is 3. The first-order valence-corrected chi connectivity index (χ1v) is 10.5. The maximum atomic E-state index is 12.8. The number of aliphatic hydroxyl groups excluding tert-OH is 1. The fraction of sp³-hybridized carbons (Fsp3) is 0.500. The molecule has 4 atom stereocenters.